The highest BCUT2D eigenvalue weighted by atomic mass is 32.2. The molecular formula is C22H21N3O2S. The van der Waals surface area contributed by atoms with Crippen LogP contribution in [0.15, 0.2) is 59.1 Å². The number of anilines is 1. The van der Waals surface area contributed by atoms with Crippen LogP contribution >= 0.6 is 11.8 Å². The van der Waals surface area contributed by atoms with Gasteiger partial charge in [0.2, 0.25) is 5.91 Å². The molecule has 1 saturated heterocycles. The molecule has 5 nitrogen and oxygen atoms in total. The molecule has 142 valence electrons. The van der Waals surface area contributed by atoms with E-state index in [9.17, 15) is 14.9 Å². The van der Waals surface area contributed by atoms with Gasteiger partial charge in [0.1, 0.15) is 16.7 Å². The number of hydrogen-bond acceptors (Lipinski definition) is 4. The summed E-state index contributed by atoms with van der Waals surface area (Å²) in [6.07, 6.45) is 0.530. The molecule has 1 aliphatic rings. The van der Waals surface area contributed by atoms with Gasteiger partial charge in [-0.25, -0.2) is 0 Å². The van der Waals surface area contributed by atoms with E-state index in [1.165, 1.54) is 23.7 Å². The highest BCUT2D eigenvalue weighted by Gasteiger charge is 2.40. The van der Waals surface area contributed by atoms with Gasteiger partial charge in [0.05, 0.1) is 5.25 Å². The largest absolute Gasteiger partial charge is 0.354 e. The van der Waals surface area contributed by atoms with Crippen LogP contribution in [0.3, 0.4) is 0 Å². The fourth-order valence-electron chi connectivity index (χ4n) is 2.98. The van der Waals surface area contributed by atoms with E-state index in [0.717, 1.165) is 16.7 Å². The number of amides is 2. The number of nitrogens with zero attached hydrogens (tertiary/aromatic N) is 2. The van der Waals surface area contributed by atoms with Crippen LogP contribution in [0, 0.1) is 25.2 Å². The quantitative estimate of drug-likeness (QED) is 0.640. The Labute approximate surface area is 169 Å². The van der Waals surface area contributed by atoms with E-state index in [0.29, 0.717) is 17.1 Å². The van der Waals surface area contributed by atoms with Crippen LogP contribution < -0.4 is 10.2 Å². The number of thioether (sulfide) groups is 1. The molecule has 0 bridgehead atoms. The summed E-state index contributed by atoms with van der Waals surface area (Å²) >= 11 is 1.27. The number of likely N-dealkylation sites (N-methyl/N-ethyl adjacent to an activating group) is 1. The van der Waals surface area contributed by atoms with Crippen molar-refractivity contribution >= 4 is 29.3 Å². The Morgan fingerprint density at radius 1 is 1.11 bits per heavy atom. The lowest BCUT2D eigenvalue weighted by atomic mass is 10.1. The third kappa shape index (κ3) is 3.95. The number of rotatable bonds is 4. The van der Waals surface area contributed by atoms with Gasteiger partial charge in [0, 0.05) is 12.7 Å². The average Bonchev–Trinajstić information content (AvgIpc) is 3.00. The molecule has 0 radical (unpaired) electrons. The maximum absolute atomic E-state index is 13.2. The highest BCUT2D eigenvalue weighted by Crippen LogP contribution is 2.41. The van der Waals surface area contributed by atoms with E-state index in [1.807, 2.05) is 68.4 Å². The topological polar surface area (TPSA) is 73.2 Å². The first-order valence-corrected chi connectivity index (χ1v) is 9.82. The van der Waals surface area contributed by atoms with E-state index >= 15 is 0 Å². The van der Waals surface area contributed by atoms with Gasteiger partial charge < -0.3 is 5.32 Å². The fraction of sp³-hybridized carbons (Fsp3) is 0.227. The molecule has 6 heteroatoms. The molecule has 2 aromatic rings. The molecule has 3 rings (SSSR count). The van der Waals surface area contributed by atoms with E-state index in [4.69, 9.17) is 0 Å². The van der Waals surface area contributed by atoms with Crippen molar-refractivity contribution in [3.8, 4) is 6.07 Å². The summed E-state index contributed by atoms with van der Waals surface area (Å²) in [6, 6.07) is 17.5. The summed E-state index contributed by atoms with van der Waals surface area (Å²) in [5.41, 5.74) is 3.87. The summed E-state index contributed by atoms with van der Waals surface area (Å²) in [6.45, 7) is 3.98. The number of carbonyl (C=O) groups is 2. The van der Waals surface area contributed by atoms with Crippen molar-refractivity contribution in [3.05, 3.63) is 75.8 Å². The van der Waals surface area contributed by atoms with Crippen molar-refractivity contribution in [2.45, 2.75) is 25.5 Å². The zero-order chi connectivity index (χ0) is 20.3. The van der Waals surface area contributed by atoms with Crippen molar-refractivity contribution in [1.82, 2.24) is 5.32 Å². The van der Waals surface area contributed by atoms with Crippen molar-refractivity contribution in [2.24, 2.45) is 0 Å². The predicted octanol–water partition coefficient (Wildman–Crippen LogP) is 3.48. The summed E-state index contributed by atoms with van der Waals surface area (Å²) in [4.78, 5) is 27.0. The first kappa shape index (κ1) is 19.7. The Balaban J connectivity index is 2.03. The third-order valence-corrected chi connectivity index (χ3v) is 5.83. The lowest BCUT2D eigenvalue weighted by Crippen LogP contribution is -2.31. The van der Waals surface area contributed by atoms with Crippen molar-refractivity contribution in [3.63, 3.8) is 0 Å². The summed E-state index contributed by atoms with van der Waals surface area (Å²) in [5.74, 6) is -0.619. The van der Waals surface area contributed by atoms with Gasteiger partial charge in [0.25, 0.3) is 5.91 Å². The number of benzene rings is 2. The molecule has 0 saturated carbocycles. The van der Waals surface area contributed by atoms with E-state index in [-0.39, 0.29) is 11.5 Å². The second-order valence-corrected chi connectivity index (χ2v) is 7.87. The van der Waals surface area contributed by atoms with Gasteiger partial charge in [-0.15, -0.1) is 0 Å². The van der Waals surface area contributed by atoms with Crippen LogP contribution in [0.1, 0.15) is 16.7 Å². The summed E-state index contributed by atoms with van der Waals surface area (Å²) in [7, 11) is 1.47. The Bertz CT molecular complexity index is 972. The Morgan fingerprint density at radius 3 is 2.21 bits per heavy atom. The van der Waals surface area contributed by atoms with Crippen molar-refractivity contribution < 1.29 is 9.59 Å². The van der Waals surface area contributed by atoms with Crippen LogP contribution in [0.2, 0.25) is 0 Å². The third-order valence-electron chi connectivity index (χ3n) is 4.57. The Hall–Kier alpha value is -3.04. The minimum Gasteiger partial charge on any atom is -0.354 e. The van der Waals surface area contributed by atoms with Crippen LogP contribution in [0.5, 0.6) is 0 Å². The average molecular weight is 391 g/mol. The summed E-state index contributed by atoms with van der Waals surface area (Å²) < 4.78 is 0. The number of carbonyl (C=O) groups excluding carboxylic acids is 2. The number of nitriles is 1. The monoisotopic (exact) mass is 391 g/mol. The molecular weight excluding hydrogens is 370 g/mol. The first-order chi connectivity index (χ1) is 13.4. The van der Waals surface area contributed by atoms with Crippen LogP contribution in [0.25, 0.3) is 0 Å². The minimum atomic E-state index is -0.495. The zero-order valence-electron chi connectivity index (χ0n) is 16.0. The lowest BCUT2D eigenvalue weighted by Gasteiger charge is -2.18. The molecule has 1 aliphatic heterocycles. The number of aryl methyl sites for hydroxylation is 2. The smallest absolute Gasteiger partial charge is 0.264 e. The lowest BCUT2D eigenvalue weighted by molar-refractivity contribution is -0.117. The van der Waals surface area contributed by atoms with Gasteiger partial charge in [-0.05, 0) is 38.0 Å². The van der Waals surface area contributed by atoms with Crippen molar-refractivity contribution in [2.75, 3.05) is 11.9 Å². The van der Waals surface area contributed by atoms with Gasteiger partial charge >= 0.3 is 0 Å². The zero-order valence-corrected chi connectivity index (χ0v) is 16.8. The van der Waals surface area contributed by atoms with Crippen LogP contribution in [0.4, 0.5) is 5.69 Å². The molecule has 28 heavy (non-hydrogen) atoms. The molecule has 0 aromatic heterocycles. The molecule has 1 N–H and O–H groups in total. The molecule has 0 aliphatic carbocycles. The molecule has 1 heterocycles. The van der Waals surface area contributed by atoms with E-state index in [1.54, 1.807) is 0 Å². The molecule has 1 fully saturated rings. The Kier molecular flexibility index (Phi) is 5.86. The van der Waals surface area contributed by atoms with Gasteiger partial charge in [-0.2, -0.15) is 5.26 Å². The maximum atomic E-state index is 13.2. The van der Waals surface area contributed by atoms with E-state index < -0.39 is 11.2 Å². The fourth-order valence-corrected chi connectivity index (χ4v) is 4.29. The van der Waals surface area contributed by atoms with Gasteiger partial charge in [-0.1, -0.05) is 59.3 Å². The molecule has 0 spiro atoms. The molecule has 2 aromatic carbocycles. The SMILES string of the molecule is CNC(=O)/C(C#N)=C1/S[C@@H](Cc2ccc(C)cc2)C(=O)N1c1ccc(C)cc1. The van der Waals surface area contributed by atoms with Crippen LogP contribution in [-0.2, 0) is 16.0 Å². The maximum Gasteiger partial charge on any atom is 0.264 e. The first-order valence-electron chi connectivity index (χ1n) is 8.94. The summed E-state index contributed by atoms with van der Waals surface area (Å²) in [5, 5.41) is 12.0. The number of hydrogen-bond donors (Lipinski definition) is 1. The Morgan fingerprint density at radius 2 is 1.68 bits per heavy atom. The van der Waals surface area contributed by atoms with Gasteiger partial charge in [-0.3, -0.25) is 14.5 Å². The second kappa shape index (κ2) is 8.32. The molecule has 0 unspecified atom stereocenters. The standard InChI is InChI=1S/C22H21N3O2S/c1-14-4-8-16(9-5-14)12-19-21(27)25(17-10-6-15(2)7-11-17)22(28-19)18(13-23)20(26)24-3/h4-11,19H,12H2,1-3H3,(H,24,26)/b22-18+/t19-/m0/s1. The van der Waals surface area contributed by atoms with E-state index in [2.05, 4.69) is 5.32 Å². The van der Waals surface area contributed by atoms with Crippen LogP contribution in [-0.4, -0.2) is 24.1 Å². The minimum absolute atomic E-state index is 0.0483. The second-order valence-electron chi connectivity index (χ2n) is 6.68. The molecule has 2 amide bonds. The normalized spacial score (nSPS) is 18.0. The predicted molar refractivity (Wildman–Crippen MR) is 112 cm³/mol. The number of nitrogens with one attached hydrogen (secondary N) is 1. The van der Waals surface area contributed by atoms with Crippen molar-refractivity contribution in [1.29, 1.82) is 5.26 Å². The van der Waals surface area contributed by atoms with Gasteiger partial charge in [0.15, 0.2) is 0 Å². The molecule has 1 atom stereocenters. The highest BCUT2D eigenvalue weighted by molar-refractivity contribution is 8.05.